The van der Waals surface area contributed by atoms with E-state index >= 15 is 0 Å². The van der Waals surface area contributed by atoms with E-state index in [1.807, 2.05) is 12.1 Å². The van der Waals surface area contributed by atoms with Crippen LogP contribution in [-0.2, 0) is 6.42 Å². The van der Waals surface area contributed by atoms with Gasteiger partial charge in [-0.2, -0.15) is 0 Å². The van der Waals surface area contributed by atoms with E-state index < -0.39 is 0 Å². The lowest BCUT2D eigenvalue weighted by Gasteiger charge is -2.16. The van der Waals surface area contributed by atoms with Crippen LogP contribution >= 0.6 is 23.2 Å². The van der Waals surface area contributed by atoms with Gasteiger partial charge in [-0.15, -0.1) is 0 Å². The Balaban J connectivity index is 1.92. The lowest BCUT2D eigenvalue weighted by atomic mass is 10.0. The predicted octanol–water partition coefficient (Wildman–Crippen LogP) is 5.20. The molecule has 0 heterocycles. The largest absolute Gasteiger partial charge is 0.310 e. The Morgan fingerprint density at radius 2 is 1.85 bits per heavy atom. The van der Waals surface area contributed by atoms with Crippen molar-refractivity contribution < 1.29 is 0 Å². The van der Waals surface area contributed by atoms with E-state index in [9.17, 15) is 0 Å². The van der Waals surface area contributed by atoms with E-state index in [4.69, 9.17) is 23.2 Å². The van der Waals surface area contributed by atoms with E-state index in [0.29, 0.717) is 10.0 Å². The minimum Gasteiger partial charge on any atom is -0.310 e. The lowest BCUT2D eigenvalue weighted by molar-refractivity contribution is 0.576. The monoisotopic (exact) mass is 307 g/mol. The van der Waals surface area contributed by atoms with Crippen LogP contribution in [0.15, 0.2) is 42.5 Å². The summed E-state index contributed by atoms with van der Waals surface area (Å²) in [5, 5.41) is 4.90. The van der Waals surface area contributed by atoms with Crippen molar-refractivity contribution in [3.63, 3.8) is 0 Å². The first-order chi connectivity index (χ1) is 9.58. The quantitative estimate of drug-likeness (QED) is 0.801. The molecule has 0 spiro atoms. The van der Waals surface area contributed by atoms with E-state index in [2.05, 4.69) is 43.4 Å². The van der Waals surface area contributed by atoms with Gasteiger partial charge in [0.1, 0.15) is 0 Å². The number of aryl methyl sites for hydroxylation is 1. The van der Waals surface area contributed by atoms with Crippen molar-refractivity contribution in [1.29, 1.82) is 0 Å². The van der Waals surface area contributed by atoms with Gasteiger partial charge in [-0.25, -0.2) is 0 Å². The van der Waals surface area contributed by atoms with Gasteiger partial charge in [0.25, 0.3) is 0 Å². The number of nitrogens with one attached hydrogen (secondary N) is 1. The van der Waals surface area contributed by atoms with Crippen molar-refractivity contribution in [2.75, 3.05) is 6.54 Å². The molecule has 0 saturated carbocycles. The van der Waals surface area contributed by atoms with Crippen molar-refractivity contribution in [2.45, 2.75) is 26.3 Å². The molecule has 20 heavy (non-hydrogen) atoms. The normalized spacial score (nSPS) is 12.4. The molecular formula is C17H19Cl2N. The zero-order valence-electron chi connectivity index (χ0n) is 11.8. The molecule has 1 atom stereocenters. The Kier molecular flexibility index (Phi) is 5.47. The first-order valence-electron chi connectivity index (χ1n) is 6.81. The highest BCUT2D eigenvalue weighted by Gasteiger charge is 2.09. The maximum absolute atomic E-state index is 6.22. The summed E-state index contributed by atoms with van der Waals surface area (Å²) in [7, 11) is 0. The number of rotatable bonds is 5. The molecule has 106 valence electrons. The van der Waals surface area contributed by atoms with Gasteiger partial charge in [0, 0.05) is 16.1 Å². The smallest absolute Gasteiger partial charge is 0.0468 e. The van der Waals surface area contributed by atoms with Gasteiger partial charge in [0.2, 0.25) is 0 Å². The lowest BCUT2D eigenvalue weighted by Crippen LogP contribution is -2.21. The fourth-order valence-electron chi connectivity index (χ4n) is 2.28. The summed E-state index contributed by atoms with van der Waals surface area (Å²) in [5.74, 6) is 0. The molecule has 0 aliphatic carbocycles. The van der Waals surface area contributed by atoms with Crippen molar-refractivity contribution in [3.8, 4) is 0 Å². The summed E-state index contributed by atoms with van der Waals surface area (Å²) in [6.07, 6.45) is 1.02. The van der Waals surface area contributed by atoms with Gasteiger partial charge < -0.3 is 5.32 Å². The molecule has 2 aromatic carbocycles. The fourth-order valence-corrected chi connectivity index (χ4v) is 2.85. The van der Waals surface area contributed by atoms with Crippen LogP contribution in [0.4, 0.5) is 0 Å². The maximum Gasteiger partial charge on any atom is 0.0468 e. The minimum atomic E-state index is 0.212. The molecular weight excluding hydrogens is 289 g/mol. The van der Waals surface area contributed by atoms with Crippen LogP contribution < -0.4 is 5.32 Å². The van der Waals surface area contributed by atoms with Gasteiger partial charge in [-0.1, -0.05) is 53.5 Å². The molecule has 0 amide bonds. The van der Waals surface area contributed by atoms with Crippen LogP contribution in [0.5, 0.6) is 0 Å². The molecule has 0 saturated heterocycles. The number of benzene rings is 2. The summed E-state index contributed by atoms with van der Waals surface area (Å²) >= 11 is 12.1. The standard InChI is InChI=1S/C17H19Cl2N/c1-12-5-3-4-6-14(12)9-10-20-13(2)16-8-7-15(18)11-17(16)19/h3-8,11,13,20H,9-10H2,1-2H3. The zero-order valence-corrected chi connectivity index (χ0v) is 13.3. The van der Waals surface area contributed by atoms with E-state index in [1.165, 1.54) is 11.1 Å². The molecule has 1 unspecified atom stereocenters. The Hall–Kier alpha value is -1.02. The van der Waals surface area contributed by atoms with Crippen molar-refractivity contribution in [2.24, 2.45) is 0 Å². The number of hydrogen-bond donors (Lipinski definition) is 1. The maximum atomic E-state index is 6.22. The average molecular weight is 308 g/mol. The topological polar surface area (TPSA) is 12.0 Å². The van der Waals surface area contributed by atoms with E-state index in [1.54, 1.807) is 6.07 Å². The Labute approximate surface area is 130 Å². The molecule has 0 radical (unpaired) electrons. The predicted molar refractivity (Wildman–Crippen MR) is 87.8 cm³/mol. The van der Waals surface area contributed by atoms with Crippen LogP contribution in [0.25, 0.3) is 0 Å². The van der Waals surface area contributed by atoms with Crippen molar-refractivity contribution in [1.82, 2.24) is 5.32 Å². The van der Waals surface area contributed by atoms with Crippen molar-refractivity contribution in [3.05, 3.63) is 69.2 Å². The molecule has 0 bridgehead atoms. The second-order valence-electron chi connectivity index (χ2n) is 5.02. The molecule has 2 rings (SSSR count). The highest BCUT2D eigenvalue weighted by atomic mass is 35.5. The van der Waals surface area contributed by atoms with Gasteiger partial charge in [-0.3, -0.25) is 0 Å². The second-order valence-corrected chi connectivity index (χ2v) is 5.86. The summed E-state index contributed by atoms with van der Waals surface area (Å²) in [4.78, 5) is 0. The zero-order chi connectivity index (χ0) is 14.5. The SMILES string of the molecule is Cc1ccccc1CCNC(C)c1ccc(Cl)cc1Cl. The molecule has 0 fully saturated rings. The summed E-state index contributed by atoms with van der Waals surface area (Å²) < 4.78 is 0. The first-order valence-corrected chi connectivity index (χ1v) is 7.56. The fraction of sp³-hybridized carbons (Fsp3) is 0.294. The van der Waals surface area contributed by atoms with Gasteiger partial charge in [0.15, 0.2) is 0 Å². The van der Waals surface area contributed by atoms with E-state index in [-0.39, 0.29) is 6.04 Å². The van der Waals surface area contributed by atoms with E-state index in [0.717, 1.165) is 18.5 Å². The van der Waals surface area contributed by atoms with Gasteiger partial charge >= 0.3 is 0 Å². The first kappa shape index (κ1) is 15.4. The van der Waals surface area contributed by atoms with Gasteiger partial charge in [-0.05, 0) is 55.6 Å². The van der Waals surface area contributed by atoms with Crippen LogP contribution in [0.3, 0.4) is 0 Å². The third kappa shape index (κ3) is 3.99. The average Bonchev–Trinajstić information content (AvgIpc) is 2.40. The molecule has 1 nitrogen and oxygen atoms in total. The summed E-state index contributed by atoms with van der Waals surface area (Å²) in [6, 6.07) is 14.3. The Bertz CT molecular complexity index is 581. The van der Waals surface area contributed by atoms with Crippen LogP contribution in [-0.4, -0.2) is 6.54 Å². The molecule has 3 heteroatoms. The number of hydrogen-bond acceptors (Lipinski definition) is 1. The Morgan fingerprint density at radius 3 is 2.55 bits per heavy atom. The van der Waals surface area contributed by atoms with Crippen molar-refractivity contribution >= 4 is 23.2 Å². The highest BCUT2D eigenvalue weighted by molar-refractivity contribution is 6.35. The summed E-state index contributed by atoms with van der Waals surface area (Å²) in [6.45, 7) is 5.19. The van der Waals surface area contributed by atoms with Crippen LogP contribution in [0.1, 0.15) is 29.7 Å². The van der Waals surface area contributed by atoms with Crippen LogP contribution in [0, 0.1) is 6.92 Å². The molecule has 1 N–H and O–H groups in total. The molecule has 0 aromatic heterocycles. The molecule has 0 aliphatic rings. The van der Waals surface area contributed by atoms with Gasteiger partial charge in [0.05, 0.1) is 0 Å². The third-order valence-electron chi connectivity index (χ3n) is 3.54. The minimum absolute atomic E-state index is 0.212. The number of halogens is 2. The third-order valence-corrected chi connectivity index (χ3v) is 4.10. The summed E-state index contributed by atoms with van der Waals surface area (Å²) in [5.41, 5.74) is 3.81. The molecule has 0 aliphatic heterocycles. The van der Waals surface area contributed by atoms with Crippen LogP contribution in [0.2, 0.25) is 10.0 Å². The second kappa shape index (κ2) is 7.12. The highest BCUT2D eigenvalue weighted by Crippen LogP contribution is 2.26. The molecule has 2 aromatic rings. The Morgan fingerprint density at radius 1 is 1.10 bits per heavy atom.